The van der Waals surface area contributed by atoms with E-state index in [0.717, 1.165) is 16.7 Å². The monoisotopic (exact) mass is 428 g/mol. The first-order chi connectivity index (χ1) is 14.1. The van der Waals surface area contributed by atoms with Gasteiger partial charge >= 0.3 is 6.18 Å². The molecule has 3 aliphatic rings. The number of amides is 1. The summed E-state index contributed by atoms with van der Waals surface area (Å²) in [6.07, 6.45) is -4.36. The van der Waals surface area contributed by atoms with Crippen molar-refractivity contribution in [2.45, 2.75) is 37.9 Å². The van der Waals surface area contributed by atoms with E-state index in [1.54, 1.807) is 6.07 Å². The van der Waals surface area contributed by atoms with Gasteiger partial charge < -0.3 is 19.9 Å². The number of ether oxygens (including phenoxy) is 1. The SMILES string of the molecule is CC(c1ccccc1F)N1C2NC(N3CCOCC3)=CC(=O)N2C[C@@]1(C)C(F)(F)F. The smallest absolute Gasteiger partial charge is 0.378 e. The molecule has 3 atom stereocenters. The second-order valence-electron chi connectivity index (χ2n) is 7.99. The number of hydrogen-bond acceptors (Lipinski definition) is 5. The minimum atomic E-state index is -4.63. The second-order valence-corrected chi connectivity index (χ2v) is 7.99. The van der Waals surface area contributed by atoms with Crippen molar-refractivity contribution in [3.8, 4) is 0 Å². The van der Waals surface area contributed by atoms with Gasteiger partial charge in [-0.05, 0) is 19.9 Å². The van der Waals surface area contributed by atoms with Gasteiger partial charge in [-0.3, -0.25) is 4.79 Å². The first kappa shape index (κ1) is 20.9. The number of alkyl halides is 3. The summed E-state index contributed by atoms with van der Waals surface area (Å²) in [7, 11) is 0. The number of rotatable bonds is 3. The van der Waals surface area contributed by atoms with Gasteiger partial charge in [0.05, 0.1) is 19.8 Å². The lowest BCUT2D eigenvalue weighted by Crippen LogP contribution is -2.61. The second kappa shape index (κ2) is 7.42. The van der Waals surface area contributed by atoms with Crippen molar-refractivity contribution in [1.29, 1.82) is 0 Å². The Balaban J connectivity index is 1.73. The van der Waals surface area contributed by atoms with E-state index in [1.807, 2.05) is 4.90 Å². The van der Waals surface area contributed by atoms with E-state index in [0.29, 0.717) is 32.1 Å². The number of nitrogens with one attached hydrogen (secondary N) is 1. The maximum Gasteiger partial charge on any atom is 0.408 e. The normalized spacial score (nSPS) is 28.8. The molecule has 3 aliphatic heterocycles. The van der Waals surface area contributed by atoms with Gasteiger partial charge in [0.15, 0.2) is 6.29 Å². The van der Waals surface area contributed by atoms with Crippen LogP contribution < -0.4 is 5.32 Å². The molecule has 0 saturated carbocycles. The third-order valence-electron chi connectivity index (χ3n) is 6.16. The quantitative estimate of drug-likeness (QED) is 0.750. The molecule has 2 saturated heterocycles. The molecule has 0 radical (unpaired) electrons. The summed E-state index contributed by atoms with van der Waals surface area (Å²) in [5, 5.41) is 3.10. The van der Waals surface area contributed by atoms with Gasteiger partial charge in [-0.15, -0.1) is 0 Å². The summed E-state index contributed by atoms with van der Waals surface area (Å²) < 4.78 is 62.5. The molecule has 4 rings (SSSR count). The van der Waals surface area contributed by atoms with E-state index in [4.69, 9.17) is 4.74 Å². The predicted molar refractivity (Wildman–Crippen MR) is 100 cm³/mol. The minimum absolute atomic E-state index is 0.145. The molecule has 6 nitrogen and oxygen atoms in total. The van der Waals surface area contributed by atoms with E-state index < -0.39 is 42.3 Å². The van der Waals surface area contributed by atoms with Crippen LogP contribution in [0.3, 0.4) is 0 Å². The summed E-state index contributed by atoms with van der Waals surface area (Å²) in [4.78, 5) is 17.0. The molecule has 164 valence electrons. The summed E-state index contributed by atoms with van der Waals surface area (Å²) in [5.41, 5.74) is -2.21. The molecule has 2 unspecified atom stereocenters. The Morgan fingerprint density at radius 1 is 1.23 bits per heavy atom. The zero-order valence-electron chi connectivity index (χ0n) is 16.7. The third kappa shape index (κ3) is 3.31. The van der Waals surface area contributed by atoms with E-state index in [-0.39, 0.29) is 5.56 Å². The average molecular weight is 428 g/mol. The molecule has 0 aromatic heterocycles. The molecule has 0 spiro atoms. The molecule has 1 aromatic carbocycles. The van der Waals surface area contributed by atoms with Gasteiger partial charge in [-0.1, -0.05) is 18.2 Å². The Labute approximate surface area is 172 Å². The van der Waals surface area contributed by atoms with Crippen molar-refractivity contribution in [1.82, 2.24) is 20.0 Å². The predicted octanol–water partition coefficient (Wildman–Crippen LogP) is 2.41. The Morgan fingerprint density at radius 2 is 1.90 bits per heavy atom. The zero-order chi connectivity index (χ0) is 21.7. The third-order valence-corrected chi connectivity index (χ3v) is 6.16. The van der Waals surface area contributed by atoms with Crippen LogP contribution in [0.25, 0.3) is 0 Å². The molecule has 30 heavy (non-hydrogen) atoms. The summed E-state index contributed by atoms with van der Waals surface area (Å²) in [5.74, 6) is -0.625. The lowest BCUT2D eigenvalue weighted by molar-refractivity contribution is -0.224. The molecule has 2 fully saturated rings. The van der Waals surface area contributed by atoms with Gasteiger partial charge in [0.1, 0.15) is 17.2 Å². The topological polar surface area (TPSA) is 48.1 Å². The van der Waals surface area contributed by atoms with E-state index in [2.05, 4.69) is 5.32 Å². The van der Waals surface area contributed by atoms with Crippen molar-refractivity contribution in [3.63, 3.8) is 0 Å². The maximum absolute atomic E-state index is 14.5. The first-order valence-electron chi connectivity index (χ1n) is 9.84. The van der Waals surface area contributed by atoms with Crippen molar-refractivity contribution in [2.24, 2.45) is 0 Å². The highest BCUT2D eigenvalue weighted by Crippen LogP contribution is 2.47. The Morgan fingerprint density at radius 3 is 2.53 bits per heavy atom. The van der Waals surface area contributed by atoms with Gasteiger partial charge in [-0.25, -0.2) is 9.29 Å². The van der Waals surface area contributed by atoms with Crippen molar-refractivity contribution < 1.29 is 27.1 Å². The molecule has 10 heteroatoms. The van der Waals surface area contributed by atoms with Crippen LogP contribution in [0.4, 0.5) is 17.6 Å². The fraction of sp³-hybridized carbons (Fsp3) is 0.550. The molecule has 3 heterocycles. The maximum atomic E-state index is 14.5. The number of fused-ring (bicyclic) bond motifs is 1. The Bertz CT molecular complexity index is 855. The van der Waals surface area contributed by atoms with Gasteiger partial charge in [0, 0.05) is 30.8 Å². The number of morpholine rings is 1. The van der Waals surface area contributed by atoms with Crippen molar-refractivity contribution in [2.75, 3.05) is 32.8 Å². The van der Waals surface area contributed by atoms with Crippen LogP contribution in [0.15, 0.2) is 36.2 Å². The fourth-order valence-electron chi connectivity index (χ4n) is 4.47. The van der Waals surface area contributed by atoms with Crippen LogP contribution in [0, 0.1) is 5.82 Å². The van der Waals surface area contributed by atoms with E-state index in [1.165, 1.54) is 31.2 Å². The number of halogens is 4. The van der Waals surface area contributed by atoms with Gasteiger partial charge in [0.25, 0.3) is 5.91 Å². The number of benzene rings is 1. The Kier molecular flexibility index (Phi) is 5.17. The number of hydrogen-bond donors (Lipinski definition) is 1. The average Bonchev–Trinajstić information content (AvgIpc) is 3.02. The lowest BCUT2D eigenvalue weighted by Gasteiger charge is -2.44. The van der Waals surface area contributed by atoms with Crippen molar-refractivity contribution in [3.05, 3.63) is 47.5 Å². The van der Waals surface area contributed by atoms with Crippen LogP contribution >= 0.6 is 0 Å². The van der Waals surface area contributed by atoms with Crippen LogP contribution in [0.2, 0.25) is 0 Å². The van der Waals surface area contributed by atoms with Crippen LogP contribution in [-0.4, -0.2) is 71.5 Å². The van der Waals surface area contributed by atoms with Crippen LogP contribution in [0.5, 0.6) is 0 Å². The van der Waals surface area contributed by atoms with Gasteiger partial charge in [0.2, 0.25) is 0 Å². The minimum Gasteiger partial charge on any atom is -0.378 e. The molecular formula is C20H24F4N4O2. The number of nitrogens with zero attached hydrogens (tertiary/aromatic N) is 3. The standard InChI is InChI=1S/C20H24F4N4O2/c1-13(14-5-3-4-6-15(14)21)28-18-25-16(26-7-9-30-10-8-26)11-17(29)27(18)12-19(28,2)20(22,23)24/h3-6,11,13,18,25H,7-10,12H2,1-2H3/t13?,18?,19-/m0/s1. The summed E-state index contributed by atoms with van der Waals surface area (Å²) in [6.45, 7) is 4.04. The van der Waals surface area contributed by atoms with E-state index in [9.17, 15) is 22.4 Å². The highest BCUT2D eigenvalue weighted by Gasteiger charge is 2.65. The molecule has 1 amide bonds. The highest BCUT2D eigenvalue weighted by molar-refractivity contribution is 5.89. The lowest BCUT2D eigenvalue weighted by atomic mass is 9.96. The number of carbonyl (C=O) groups is 1. The number of carbonyl (C=O) groups excluding carboxylic acids is 1. The molecule has 1 N–H and O–H groups in total. The largest absolute Gasteiger partial charge is 0.408 e. The van der Waals surface area contributed by atoms with Crippen LogP contribution in [-0.2, 0) is 9.53 Å². The van der Waals surface area contributed by atoms with Crippen molar-refractivity contribution >= 4 is 5.91 Å². The first-order valence-corrected chi connectivity index (χ1v) is 9.84. The molecule has 0 aliphatic carbocycles. The Hall–Kier alpha value is -2.33. The highest BCUT2D eigenvalue weighted by atomic mass is 19.4. The fourth-order valence-corrected chi connectivity index (χ4v) is 4.47. The molecular weight excluding hydrogens is 404 g/mol. The van der Waals surface area contributed by atoms with E-state index >= 15 is 0 Å². The summed E-state index contributed by atoms with van der Waals surface area (Å²) in [6, 6.07) is 4.85. The van der Waals surface area contributed by atoms with Crippen LogP contribution in [0.1, 0.15) is 25.5 Å². The summed E-state index contributed by atoms with van der Waals surface area (Å²) >= 11 is 0. The zero-order valence-corrected chi connectivity index (χ0v) is 16.7. The van der Waals surface area contributed by atoms with Gasteiger partial charge in [-0.2, -0.15) is 13.2 Å². The molecule has 0 bridgehead atoms. The molecule has 1 aromatic rings.